The summed E-state index contributed by atoms with van der Waals surface area (Å²) in [6, 6.07) is 5.78. The van der Waals surface area contributed by atoms with E-state index >= 15 is 0 Å². The van der Waals surface area contributed by atoms with Gasteiger partial charge in [0.15, 0.2) is 0 Å². The molecule has 4 heteroatoms. The fourth-order valence-corrected chi connectivity index (χ4v) is 1.11. The molecule has 0 aromatic carbocycles. The molecule has 0 aliphatic carbocycles. The summed E-state index contributed by atoms with van der Waals surface area (Å²) < 4.78 is 0. The van der Waals surface area contributed by atoms with Crippen molar-refractivity contribution >= 4 is 0 Å². The smallest absolute Gasteiger partial charge is 0.0895 e. The first-order chi connectivity index (χ1) is 6.74. The van der Waals surface area contributed by atoms with Crippen molar-refractivity contribution in [2.45, 2.75) is 19.1 Å². The minimum atomic E-state index is -0.707. The van der Waals surface area contributed by atoms with Gasteiger partial charge in [-0.15, -0.1) is 0 Å². The summed E-state index contributed by atoms with van der Waals surface area (Å²) in [4.78, 5) is 4.18. The van der Waals surface area contributed by atoms with E-state index in [2.05, 4.69) is 10.3 Å². The summed E-state index contributed by atoms with van der Waals surface area (Å²) in [5.41, 5.74) is 0.928. The van der Waals surface area contributed by atoms with Crippen molar-refractivity contribution in [1.82, 2.24) is 10.3 Å². The predicted octanol–water partition coefficient (Wildman–Crippen LogP) is 0.0854. The van der Waals surface area contributed by atoms with Crippen LogP contribution in [-0.2, 0) is 0 Å². The molecule has 0 saturated carbocycles. The van der Waals surface area contributed by atoms with E-state index in [4.69, 9.17) is 10.2 Å². The largest absolute Gasteiger partial charge is 0.394 e. The number of nitrogens with zero attached hydrogens (tertiary/aromatic N) is 1. The van der Waals surface area contributed by atoms with Gasteiger partial charge in [-0.1, -0.05) is 6.07 Å². The Morgan fingerprint density at radius 3 is 2.86 bits per heavy atom. The van der Waals surface area contributed by atoms with E-state index < -0.39 is 6.10 Å². The van der Waals surface area contributed by atoms with Gasteiger partial charge in [-0.2, -0.15) is 0 Å². The van der Waals surface area contributed by atoms with E-state index in [1.54, 1.807) is 6.20 Å². The Hall–Kier alpha value is -0.970. The predicted molar refractivity (Wildman–Crippen MR) is 53.7 cm³/mol. The van der Waals surface area contributed by atoms with Crippen LogP contribution >= 0.6 is 0 Å². The molecule has 0 fully saturated rings. The second kappa shape index (κ2) is 5.70. The van der Waals surface area contributed by atoms with Crippen LogP contribution in [0.1, 0.15) is 18.7 Å². The van der Waals surface area contributed by atoms with Gasteiger partial charge in [0.25, 0.3) is 0 Å². The molecule has 2 atom stereocenters. The van der Waals surface area contributed by atoms with Gasteiger partial charge in [-0.05, 0) is 19.1 Å². The molecule has 0 aliphatic heterocycles. The van der Waals surface area contributed by atoms with Crippen LogP contribution in [-0.4, -0.2) is 34.5 Å². The van der Waals surface area contributed by atoms with Crippen molar-refractivity contribution in [2.75, 3.05) is 13.2 Å². The highest BCUT2D eigenvalue weighted by Crippen LogP contribution is 2.07. The van der Waals surface area contributed by atoms with Crippen molar-refractivity contribution in [2.24, 2.45) is 0 Å². The third-order valence-electron chi connectivity index (χ3n) is 2.00. The lowest BCUT2D eigenvalue weighted by Crippen LogP contribution is -2.31. The van der Waals surface area contributed by atoms with Crippen molar-refractivity contribution in [3.05, 3.63) is 30.1 Å². The van der Waals surface area contributed by atoms with Crippen LogP contribution in [0, 0.1) is 0 Å². The molecule has 0 spiro atoms. The standard InChI is InChI=1S/C10H16N2O2/c1-8(12-6-9(14)7-13)10-4-2-3-5-11-10/h2-5,8-9,12-14H,6-7H2,1H3/t8?,9-/m0/s1. The third-order valence-corrected chi connectivity index (χ3v) is 2.00. The van der Waals surface area contributed by atoms with Crippen molar-refractivity contribution in [1.29, 1.82) is 0 Å². The van der Waals surface area contributed by atoms with Crippen LogP contribution < -0.4 is 5.32 Å². The van der Waals surface area contributed by atoms with Gasteiger partial charge in [-0.3, -0.25) is 4.98 Å². The number of aromatic nitrogens is 1. The quantitative estimate of drug-likeness (QED) is 0.624. The fraction of sp³-hybridized carbons (Fsp3) is 0.500. The number of hydrogen-bond donors (Lipinski definition) is 3. The first-order valence-electron chi connectivity index (χ1n) is 4.67. The van der Waals surface area contributed by atoms with Gasteiger partial charge in [0.05, 0.1) is 18.4 Å². The highest BCUT2D eigenvalue weighted by atomic mass is 16.3. The molecule has 0 bridgehead atoms. The molecule has 1 aromatic heterocycles. The second-order valence-corrected chi connectivity index (χ2v) is 3.22. The molecule has 0 radical (unpaired) electrons. The van der Waals surface area contributed by atoms with Gasteiger partial charge < -0.3 is 15.5 Å². The lowest BCUT2D eigenvalue weighted by Gasteiger charge is -2.15. The van der Waals surface area contributed by atoms with Crippen LogP contribution in [0.25, 0.3) is 0 Å². The molecule has 1 rings (SSSR count). The Morgan fingerprint density at radius 2 is 2.29 bits per heavy atom. The monoisotopic (exact) mass is 196 g/mol. The maximum absolute atomic E-state index is 9.12. The number of aliphatic hydroxyl groups is 2. The molecule has 1 unspecified atom stereocenters. The van der Waals surface area contributed by atoms with Crippen LogP contribution in [0.2, 0.25) is 0 Å². The molecular formula is C10H16N2O2. The highest BCUT2D eigenvalue weighted by molar-refractivity contribution is 5.07. The van der Waals surface area contributed by atoms with Gasteiger partial charge in [0, 0.05) is 18.8 Å². The summed E-state index contributed by atoms with van der Waals surface area (Å²) in [7, 11) is 0. The normalized spacial score (nSPS) is 15.1. The second-order valence-electron chi connectivity index (χ2n) is 3.22. The van der Waals surface area contributed by atoms with E-state index in [9.17, 15) is 0 Å². The van der Waals surface area contributed by atoms with Crippen LogP contribution in [0.3, 0.4) is 0 Å². The Bertz CT molecular complexity index is 254. The molecule has 1 heterocycles. The third kappa shape index (κ3) is 3.41. The summed E-state index contributed by atoms with van der Waals surface area (Å²) in [5, 5.41) is 20.8. The number of rotatable bonds is 5. The number of pyridine rings is 1. The van der Waals surface area contributed by atoms with E-state index in [1.165, 1.54) is 0 Å². The zero-order valence-electron chi connectivity index (χ0n) is 8.22. The molecular weight excluding hydrogens is 180 g/mol. The van der Waals surface area contributed by atoms with E-state index in [0.29, 0.717) is 6.54 Å². The molecule has 0 aliphatic rings. The van der Waals surface area contributed by atoms with E-state index in [0.717, 1.165) is 5.69 Å². The Balaban J connectivity index is 2.39. The maximum atomic E-state index is 9.12. The number of aliphatic hydroxyl groups excluding tert-OH is 2. The van der Waals surface area contributed by atoms with Crippen LogP contribution in [0.5, 0.6) is 0 Å². The van der Waals surface area contributed by atoms with E-state index in [1.807, 2.05) is 25.1 Å². The lowest BCUT2D eigenvalue weighted by molar-refractivity contribution is 0.0922. The molecule has 4 nitrogen and oxygen atoms in total. The zero-order valence-corrected chi connectivity index (χ0v) is 8.22. The van der Waals surface area contributed by atoms with Crippen LogP contribution in [0.4, 0.5) is 0 Å². The molecule has 14 heavy (non-hydrogen) atoms. The van der Waals surface area contributed by atoms with Crippen molar-refractivity contribution in [3.8, 4) is 0 Å². The number of hydrogen-bond acceptors (Lipinski definition) is 4. The SMILES string of the molecule is CC(NC[C@H](O)CO)c1ccccn1. The van der Waals surface area contributed by atoms with Crippen molar-refractivity contribution < 1.29 is 10.2 Å². The summed E-state index contributed by atoms with van der Waals surface area (Å²) in [5.74, 6) is 0. The highest BCUT2D eigenvalue weighted by Gasteiger charge is 2.07. The Morgan fingerprint density at radius 1 is 1.50 bits per heavy atom. The van der Waals surface area contributed by atoms with Gasteiger partial charge in [0.2, 0.25) is 0 Å². The van der Waals surface area contributed by atoms with Gasteiger partial charge >= 0.3 is 0 Å². The topological polar surface area (TPSA) is 65.4 Å². The maximum Gasteiger partial charge on any atom is 0.0895 e. The molecule has 3 N–H and O–H groups in total. The summed E-state index contributed by atoms with van der Waals surface area (Å²) in [6.07, 6.45) is 1.02. The zero-order chi connectivity index (χ0) is 10.4. The van der Waals surface area contributed by atoms with Crippen molar-refractivity contribution in [3.63, 3.8) is 0 Å². The minimum Gasteiger partial charge on any atom is -0.394 e. The van der Waals surface area contributed by atoms with Crippen LogP contribution in [0.15, 0.2) is 24.4 Å². The molecule has 0 amide bonds. The summed E-state index contributed by atoms with van der Waals surface area (Å²) in [6.45, 7) is 2.11. The lowest BCUT2D eigenvalue weighted by atomic mass is 10.2. The average Bonchev–Trinajstić information content (AvgIpc) is 2.26. The minimum absolute atomic E-state index is 0.0809. The van der Waals surface area contributed by atoms with E-state index in [-0.39, 0.29) is 12.6 Å². The molecule has 0 saturated heterocycles. The molecule has 78 valence electrons. The first-order valence-corrected chi connectivity index (χ1v) is 4.67. The number of nitrogens with one attached hydrogen (secondary N) is 1. The Kier molecular flexibility index (Phi) is 4.52. The first kappa shape index (κ1) is 11.1. The fourth-order valence-electron chi connectivity index (χ4n) is 1.11. The Labute approximate surface area is 83.6 Å². The summed E-state index contributed by atoms with van der Waals surface area (Å²) >= 11 is 0. The average molecular weight is 196 g/mol. The van der Waals surface area contributed by atoms with Gasteiger partial charge in [-0.25, -0.2) is 0 Å². The van der Waals surface area contributed by atoms with Gasteiger partial charge in [0.1, 0.15) is 0 Å². The molecule has 1 aromatic rings.